The van der Waals surface area contributed by atoms with Gasteiger partial charge in [-0.05, 0) is 48.1 Å². The summed E-state index contributed by atoms with van der Waals surface area (Å²) in [7, 11) is 0. The Balaban J connectivity index is 1.67. The number of nitrogens with zero attached hydrogens (tertiary/aromatic N) is 1. The monoisotopic (exact) mass is 508 g/mol. The number of nitrogens with two attached hydrogens (primary N) is 1. The number of carbonyl (C=O) groups is 2. The van der Waals surface area contributed by atoms with Crippen LogP contribution in [0.1, 0.15) is 43.9 Å². The van der Waals surface area contributed by atoms with Gasteiger partial charge in [0.25, 0.3) is 0 Å². The van der Waals surface area contributed by atoms with Gasteiger partial charge in [-0.3, -0.25) is 4.79 Å². The van der Waals surface area contributed by atoms with Crippen molar-refractivity contribution in [2.24, 2.45) is 11.7 Å². The van der Waals surface area contributed by atoms with Crippen LogP contribution in [0.4, 0.5) is 10.5 Å². The van der Waals surface area contributed by atoms with Gasteiger partial charge >= 0.3 is 6.16 Å². The topological polar surface area (TPSA) is 81.9 Å². The Morgan fingerprint density at radius 1 is 1.26 bits per heavy atom. The summed E-state index contributed by atoms with van der Waals surface area (Å²) < 4.78 is 10.9. The molecule has 1 aliphatic rings. The summed E-state index contributed by atoms with van der Waals surface area (Å²) in [5, 5.41) is 0.575. The smallest absolute Gasteiger partial charge is 0.434 e. The zero-order valence-corrected chi connectivity index (χ0v) is 19.9. The highest BCUT2D eigenvalue weighted by Crippen LogP contribution is 2.36. The lowest BCUT2D eigenvalue weighted by molar-refractivity contribution is -0.119. The number of hydrogen-bond donors (Lipinski definition) is 1. The van der Waals surface area contributed by atoms with Crippen LogP contribution in [-0.2, 0) is 16.0 Å². The fourth-order valence-corrected chi connectivity index (χ4v) is 4.44. The minimum absolute atomic E-state index is 0.0777. The van der Waals surface area contributed by atoms with E-state index in [9.17, 15) is 9.59 Å². The molecule has 1 heterocycles. The Bertz CT molecular complexity index is 967. The Morgan fingerprint density at radius 3 is 2.74 bits per heavy atom. The minimum Gasteiger partial charge on any atom is -0.434 e. The molecule has 1 unspecified atom stereocenters. The second-order valence-electron chi connectivity index (χ2n) is 7.95. The summed E-state index contributed by atoms with van der Waals surface area (Å²) in [6.45, 7) is 4.79. The summed E-state index contributed by atoms with van der Waals surface area (Å²) in [5.41, 5.74) is 8.96. The quantitative estimate of drug-likeness (QED) is 0.402. The van der Waals surface area contributed by atoms with Gasteiger partial charge in [0.2, 0.25) is 5.91 Å². The zero-order chi connectivity index (χ0) is 22.5. The fraction of sp³-hybridized carbons (Fsp3) is 0.391. The predicted molar refractivity (Wildman–Crippen MR) is 125 cm³/mol. The van der Waals surface area contributed by atoms with Crippen molar-refractivity contribution in [3.63, 3.8) is 0 Å². The molecule has 0 spiro atoms. The number of carbonyl (C=O) groups excluding carboxylic acids is 2. The van der Waals surface area contributed by atoms with Gasteiger partial charge in [0.1, 0.15) is 5.75 Å². The number of amides is 1. The largest absolute Gasteiger partial charge is 0.513 e. The van der Waals surface area contributed by atoms with Crippen molar-refractivity contribution in [1.29, 1.82) is 0 Å². The molecular weight excluding hydrogens is 484 g/mol. The van der Waals surface area contributed by atoms with Crippen LogP contribution in [0.25, 0.3) is 0 Å². The molecule has 3 rings (SSSR count). The van der Waals surface area contributed by atoms with Gasteiger partial charge in [0.15, 0.2) is 0 Å². The number of hydrogen-bond acceptors (Lipinski definition) is 5. The first-order valence-corrected chi connectivity index (χ1v) is 11.4. The SMILES string of the molecule is CC(C)COC(=O)Oc1ccc(C(N)CC(=O)N2CCCc3cccc(Cl)c32)c(Br)c1. The summed E-state index contributed by atoms with van der Waals surface area (Å²) in [6, 6.07) is 10.2. The molecule has 0 bridgehead atoms. The van der Waals surface area contributed by atoms with E-state index < -0.39 is 12.2 Å². The maximum absolute atomic E-state index is 13.0. The molecule has 166 valence electrons. The van der Waals surface area contributed by atoms with E-state index in [-0.39, 0.29) is 24.9 Å². The third-order valence-electron chi connectivity index (χ3n) is 4.97. The standard InChI is InChI=1S/C23H26BrClN2O4/c1-14(2)13-30-23(29)31-16-8-9-17(18(24)11-16)20(26)12-21(28)27-10-4-6-15-5-3-7-19(25)22(15)27/h3,5,7-9,11,14,20H,4,6,10,12-13,26H2,1-2H3. The van der Waals surface area contributed by atoms with Crippen LogP contribution < -0.4 is 15.4 Å². The molecule has 1 amide bonds. The molecule has 0 aromatic heterocycles. The number of aryl methyl sites for hydroxylation is 1. The molecule has 0 aliphatic carbocycles. The van der Waals surface area contributed by atoms with Gasteiger partial charge in [-0.1, -0.05) is 59.6 Å². The molecule has 0 saturated carbocycles. The van der Waals surface area contributed by atoms with Crippen molar-refractivity contribution in [3.8, 4) is 5.75 Å². The van der Waals surface area contributed by atoms with Gasteiger partial charge in [-0.2, -0.15) is 0 Å². The van der Waals surface area contributed by atoms with E-state index >= 15 is 0 Å². The molecule has 2 aromatic rings. The predicted octanol–water partition coefficient (Wildman–Crippen LogP) is 5.64. The van der Waals surface area contributed by atoms with E-state index in [0.717, 1.165) is 29.7 Å². The molecule has 0 saturated heterocycles. The molecule has 0 radical (unpaired) electrons. The minimum atomic E-state index is -0.756. The van der Waals surface area contributed by atoms with Crippen LogP contribution in [0.2, 0.25) is 5.02 Å². The fourth-order valence-electron chi connectivity index (χ4n) is 3.49. The average molecular weight is 510 g/mol. The van der Waals surface area contributed by atoms with Gasteiger partial charge < -0.3 is 20.1 Å². The highest BCUT2D eigenvalue weighted by atomic mass is 79.9. The molecule has 2 aromatic carbocycles. The van der Waals surface area contributed by atoms with Crippen molar-refractivity contribution in [3.05, 3.63) is 57.0 Å². The maximum atomic E-state index is 13.0. The van der Waals surface area contributed by atoms with E-state index in [0.29, 0.717) is 21.8 Å². The molecule has 1 atom stereocenters. The number of fused-ring (bicyclic) bond motifs is 1. The number of halogens is 2. The van der Waals surface area contributed by atoms with E-state index in [1.807, 2.05) is 26.0 Å². The Labute approximate surface area is 195 Å². The van der Waals surface area contributed by atoms with Crippen molar-refractivity contribution in [2.45, 2.75) is 39.2 Å². The lowest BCUT2D eigenvalue weighted by atomic mass is 9.99. The van der Waals surface area contributed by atoms with Gasteiger partial charge in [0.05, 0.1) is 17.3 Å². The molecule has 31 heavy (non-hydrogen) atoms. The summed E-state index contributed by atoms with van der Waals surface area (Å²) in [4.78, 5) is 26.5. The molecule has 6 nitrogen and oxygen atoms in total. The third-order valence-corrected chi connectivity index (χ3v) is 5.96. The Morgan fingerprint density at radius 2 is 2.03 bits per heavy atom. The lowest BCUT2D eigenvalue weighted by Crippen LogP contribution is -2.37. The van der Waals surface area contributed by atoms with Crippen LogP contribution in [-0.4, -0.2) is 25.2 Å². The Hall–Kier alpha value is -2.09. The highest BCUT2D eigenvalue weighted by molar-refractivity contribution is 9.10. The van der Waals surface area contributed by atoms with Crippen LogP contribution in [0.3, 0.4) is 0 Å². The molecule has 0 fully saturated rings. The van der Waals surface area contributed by atoms with E-state index in [1.54, 1.807) is 29.2 Å². The molecule has 1 aliphatic heterocycles. The number of ether oxygens (including phenoxy) is 2. The van der Waals surface area contributed by atoms with E-state index in [1.165, 1.54) is 0 Å². The van der Waals surface area contributed by atoms with E-state index in [2.05, 4.69) is 15.9 Å². The van der Waals surface area contributed by atoms with Crippen molar-refractivity contribution >= 4 is 45.3 Å². The third kappa shape index (κ3) is 5.99. The normalized spacial score (nSPS) is 14.2. The second-order valence-corrected chi connectivity index (χ2v) is 9.21. The van der Waals surface area contributed by atoms with Gasteiger partial charge in [-0.25, -0.2) is 4.79 Å². The molecule has 8 heteroatoms. The van der Waals surface area contributed by atoms with Crippen LogP contribution in [0.15, 0.2) is 40.9 Å². The van der Waals surface area contributed by atoms with Gasteiger partial charge in [-0.15, -0.1) is 0 Å². The molecular formula is C23H26BrClN2O4. The summed E-state index contributed by atoms with van der Waals surface area (Å²) in [5.74, 6) is 0.477. The maximum Gasteiger partial charge on any atom is 0.513 e. The average Bonchev–Trinajstić information content (AvgIpc) is 2.72. The Kier molecular flexibility index (Phi) is 7.97. The number of anilines is 1. The lowest BCUT2D eigenvalue weighted by Gasteiger charge is -2.31. The number of benzene rings is 2. The first-order chi connectivity index (χ1) is 14.8. The summed E-state index contributed by atoms with van der Waals surface area (Å²) in [6.07, 6.45) is 1.16. The van der Waals surface area contributed by atoms with Crippen molar-refractivity contribution in [2.75, 3.05) is 18.1 Å². The summed E-state index contributed by atoms with van der Waals surface area (Å²) >= 11 is 9.84. The first kappa shape index (κ1) is 23.6. The zero-order valence-electron chi connectivity index (χ0n) is 17.6. The molecule has 2 N–H and O–H groups in total. The number of para-hydroxylation sites is 1. The second kappa shape index (κ2) is 10.5. The highest BCUT2D eigenvalue weighted by Gasteiger charge is 2.26. The van der Waals surface area contributed by atoms with Gasteiger partial charge in [0, 0.05) is 23.5 Å². The van der Waals surface area contributed by atoms with Crippen molar-refractivity contribution < 1.29 is 19.1 Å². The first-order valence-electron chi connectivity index (χ1n) is 10.2. The van der Waals surface area contributed by atoms with Crippen LogP contribution in [0.5, 0.6) is 5.75 Å². The number of rotatable bonds is 6. The van der Waals surface area contributed by atoms with Crippen molar-refractivity contribution in [1.82, 2.24) is 0 Å². The van der Waals surface area contributed by atoms with Crippen LogP contribution >= 0.6 is 27.5 Å². The van der Waals surface area contributed by atoms with E-state index in [4.69, 9.17) is 26.8 Å². The van der Waals surface area contributed by atoms with Crippen LogP contribution in [0, 0.1) is 5.92 Å².